The van der Waals surface area contributed by atoms with Crippen LogP contribution in [0.5, 0.6) is 0 Å². The normalized spacial score (nSPS) is 11.2. The molecule has 0 atom stereocenters. The predicted octanol–water partition coefficient (Wildman–Crippen LogP) is 3.09. The molecule has 4 nitrogen and oxygen atoms in total. The average molecular weight is 342 g/mol. The summed E-state index contributed by atoms with van der Waals surface area (Å²) in [6.45, 7) is 1.29. The van der Waals surface area contributed by atoms with Gasteiger partial charge in [-0.05, 0) is 60.5 Å². The van der Waals surface area contributed by atoms with Crippen molar-refractivity contribution in [1.82, 2.24) is 0 Å². The molecule has 0 unspecified atom stereocenters. The molecule has 7 heteroatoms. The van der Waals surface area contributed by atoms with Gasteiger partial charge in [-0.3, -0.25) is 9.10 Å². The number of hydrogen-bond acceptors (Lipinski definition) is 3. The summed E-state index contributed by atoms with van der Waals surface area (Å²) in [4.78, 5) is 11.1. The van der Waals surface area contributed by atoms with E-state index in [2.05, 4.69) is 0 Å². The van der Waals surface area contributed by atoms with E-state index >= 15 is 0 Å². The lowest BCUT2D eigenvalue weighted by atomic mass is 10.2. The van der Waals surface area contributed by atoms with Crippen LogP contribution < -0.4 is 4.31 Å². The molecule has 0 heterocycles. The van der Waals surface area contributed by atoms with E-state index in [9.17, 15) is 17.6 Å². The van der Waals surface area contributed by atoms with Crippen LogP contribution in [-0.4, -0.2) is 20.2 Å². The van der Waals surface area contributed by atoms with Gasteiger partial charge in [-0.15, -0.1) is 0 Å². The van der Waals surface area contributed by atoms with Gasteiger partial charge in [0.2, 0.25) is 5.24 Å². The maximum Gasteiger partial charge on any atom is 0.264 e. The molecular weight excluding hydrogens is 329 g/mol. The highest BCUT2D eigenvalue weighted by atomic mass is 35.5. The number of carbonyl (C=O) groups is 1. The van der Waals surface area contributed by atoms with Gasteiger partial charge in [-0.25, -0.2) is 12.8 Å². The Morgan fingerprint density at radius 1 is 1.18 bits per heavy atom. The third-order valence-electron chi connectivity index (χ3n) is 2.96. The number of sulfonamides is 1. The van der Waals surface area contributed by atoms with Gasteiger partial charge in [0.05, 0.1) is 10.6 Å². The standard InChI is InChI=1S/C15H13ClFNO3S/c1-11-3-2-4-13(9-11)18(10-15(16)19)22(20,21)14-7-5-12(17)6-8-14/h2-9H,10H2,1H3. The zero-order valence-electron chi connectivity index (χ0n) is 11.7. The summed E-state index contributed by atoms with van der Waals surface area (Å²) in [5, 5.41) is -0.813. The molecule has 0 saturated carbocycles. The average Bonchev–Trinajstić information content (AvgIpc) is 2.45. The number of carbonyl (C=O) groups excluding carboxylic acids is 1. The highest BCUT2D eigenvalue weighted by molar-refractivity contribution is 7.92. The van der Waals surface area contributed by atoms with Crippen LogP contribution in [0, 0.1) is 12.7 Å². The summed E-state index contributed by atoms with van der Waals surface area (Å²) in [5.74, 6) is -0.547. The fourth-order valence-corrected chi connectivity index (χ4v) is 3.55. The van der Waals surface area contributed by atoms with Gasteiger partial charge in [0, 0.05) is 0 Å². The van der Waals surface area contributed by atoms with Crippen LogP contribution in [0.1, 0.15) is 5.56 Å². The van der Waals surface area contributed by atoms with Gasteiger partial charge < -0.3 is 0 Å². The van der Waals surface area contributed by atoms with Crippen molar-refractivity contribution in [3.05, 3.63) is 59.9 Å². The first-order valence-electron chi connectivity index (χ1n) is 6.34. The quantitative estimate of drug-likeness (QED) is 0.785. The lowest BCUT2D eigenvalue weighted by molar-refractivity contribution is -0.110. The predicted molar refractivity (Wildman–Crippen MR) is 83.0 cm³/mol. The van der Waals surface area contributed by atoms with Crippen LogP contribution in [0.3, 0.4) is 0 Å². The van der Waals surface area contributed by atoms with Crippen LogP contribution in [0.15, 0.2) is 53.4 Å². The van der Waals surface area contributed by atoms with Gasteiger partial charge in [-0.1, -0.05) is 12.1 Å². The largest absolute Gasteiger partial charge is 0.279 e. The molecule has 0 aliphatic rings. The molecule has 0 bridgehead atoms. The molecule has 0 aliphatic heterocycles. The summed E-state index contributed by atoms with van der Waals surface area (Å²) in [6.07, 6.45) is 0. The SMILES string of the molecule is Cc1cccc(N(CC(=O)Cl)S(=O)(=O)c2ccc(F)cc2)c1. The zero-order chi connectivity index (χ0) is 16.3. The Balaban J connectivity index is 2.53. The molecule has 2 rings (SSSR count). The minimum absolute atomic E-state index is 0.117. The van der Waals surface area contributed by atoms with Crippen LogP contribution in [-0.2, 0) is 14.8 Å². The number of anilines is 1. The first-order valence-corrected chi connectivity index (χ1v) is 8.16. The summed E-state index contributed by atoms with van der Waals surface area (Å²) in [7, 11) is -4.02. The van der Waals surface area contributed by atoms with Gasteiger partial charge >= 0.3 is 0 Å². The molecule has 0 aliphatic carbocycles. The van der Waals surface area contributed by atoms with Crippen molar-refractivity contribution < 1.29 is 17.6 Å². The Hall–Kier alpha value is -1.92. The maximum absolute atomic E-state index is 13.0. The molecule has 0 aromatic heterocycles. The first kappa shape index (κ1) is 16.5. The van der Waals surface area contributed by atoms with Crippen molar-refractivity contribution in [3.8, 4) is 0 Å². The lowest BCUT2D eigenvalue weighted by Gasteiger charge is -2.23. The smallest absolute Gasteiger partial charge is 0.264 e. The van der Waals surface area contributed by atoms with E-state index in [0.717, 1.165) is 34.1 Å². The first-order chi connectivity index (χ1) is 10.3. The molecule has 22 heavy (non-hydrogen) atoms. The molecule has 2 aromatic carbocycles. The van der Waals surface area contributed by atoms with E-state index in [1.54, 1.807) is 31.2 Å². The molecule has 0 radical (unpaired) electrons. The highest BCUT2D eigenvalue weighted by Crippen LogP contribution is 2.24. The topological polar surface area (TPSA) is 54.5 Å². The zero-order valence-corrected chi connectivity index (χ0v) is 13.2. The van der Waals surface area contributed by atoms with E-state index in [1.807, 2.05) is 0 Å². The molecule has 0 saturated heterocycles. The third kappa shape index (κ3) is 3.64. The van der Waals surface area contributed by atoms with Crippen molar-refractivity contribution in [1.29, 1.82) is 0 Å². The number of rotatable bonds is 5. The van der Waals surface area contributed by atoms with E-state index in [4.69, 9.17) is 11.6 Å². The maximum atomic E-state index is 13.0. The Labute approximate surface area is 133 Å². The summed E-state index contributed by atoms with van der Waals surface area (Å²) < 4.78 is 39.3. The molecule has 0 spiro atoms. The van der Waals surface area contributed by atoms with E-state index < -0.39 is 27.6 Å². The van der Waals surface area contributed by atoms with Crippen molar-refractivity contribution in [2.45, 2.75) is 11.8 Å². The van der Waals surface area contributed by atoms with Gasteiger partial charge in [0.15, 0.2) is 0 Å². The minimum atomic E-state index is -4.02. The Kier molecular flexibility index (Phi) is 4.83. The Bertz CT molecular complexity index is 791. The van der Waals surface area contributed by atoms with Crippen LogP contribution in [0.4, 0.5) is 10.1 Å². The van der Waals surface area contributed by atoms with Gasteiger partial charge in [0.25, 0.3) is 10.0 Å². The minimum Gasteiger partial charge on any atom is -0.279 e. The second-order valence-corrected chi connectivity index (χ2v) is 6.94. The number of aryl methyl sites for hydroxylation is 1. The monoisotopic (exact) mass is 341 g/mol. The second kappa shape index (κ2) is 6.46. The fraction of sp³-hybridized carbons (Fsp3) is 0.133. The van der Waals surface area contributed by atoms with Crippen molar-refractivity contribution in [2.75, 3.05) is 10.8 Å². The number of benzene rings is 2. The van der Waals surface area contributed by atoms with Gasteiger partial charge in [-0.2, -0.15) is 0 Å². The molecule has 2 aromatic rings. The molecule has 0 N–H and O–H groups in total. The van der Waals surface area contributed by atoms with Crippen molar-refractivity contribution >= 4 is 32.6 Å². The summed E-state index contributed by atoms with van der Waals surface area (Å²) >= 11 is 5.38. The molecule has 0 fully saturated rings. The fourth-order valence-electron chi connectivity index (χ4n) is 1.94. The van der Waals surface area contributed by atoms with Crippen molar-refractivity contribution in [2.24, 2.45) is 0 Å². The van der Waals surface area contributed by atoms with E-state index in [-0.39, 0.29) is 4.90 Å². The highest BCUT2D eigenvalue weighted by Gasteiger charge is 2.26. The van der Waals surface area contributed by atoms with Crippen LogP contribution in [0.2, 0.25) is 0 Å². The number of halogens is 2. The van der Waals surface area contributed by atoms with Crippen LogP contribution >= 0.6 is 11.6 Å². The Morgan fingerprint density at radius 3 is 2.36 bits per heavy atom. The lowest BCUT2D eigenvalue weighted by Crippen LogP contribution is -2.34. The van der Waals surface area contributed by atoms with Crippen molar-refractivity contribution in [3.63, 3.8) is 0 Å². The summed E-state index contributed by atoms with van der Waals surface area (Å²) in [6, 6.07) is 11.0. The molecule has 116 valence electrons. The number of nitrogens with zero attached hydrogens (tertiary/aromatic N) is 1. The number of hydrogen-bond donors (Lipinski definition) is 0. The molecule has 0 amide bonds. The summed E-state index contributed by atoms with van der Waals surface area (Å²) in [5.41, 5.74) is 1.15. The van der Waals surface area contributed by atoms with E-state index in [1.165, 1.54) is 0 Å². The second-order valence-electron chi connectivity index (χ2n) is 4.66. The Morgan fingerprint density at radius 2 is 1.82 bits per heavy atom. The van der Waals surface area contributed by atoms with Crippen LogP contribution in [0.25, 0.3) is 0 Å². The third-order valence-corrected chi connectivity index (χ3v) is 4.87. The molecular formula is C15H13ClFNO3S. The van der Waals surface area contributed by atoms with Gasteiger partial charge in [0.1, 0.15) is 12.4 Å². The van der Waals surface area contributed by atoms with E-state index in [0.29, 0.717) is 5.69 Å².